The SMILES string of the molecule is COCC(Br)CCNC(=O)c1sccc1C. The lowest BCUT2D eigenvalue weighted by Gasteiger charge is -2.09. The Morgan fingerprint density at radius 1 is 1.69 bits per heavy atom. The molecule has 1 unspecified atom stereocenters. The molecular weight excluding hydrogens is 290 g/mol. The second kappa shape index (κ2) is 7.04. The van der Waals surface area contributed by atoms with Crippen molar-refractivity contribution in [3.63, 3.8) is 0 Å². The Morgan fingerprint density at radius 2 is 2.44 bits per heavy atom. The summed E-state index contributed by atoms with van der Waals surface area (Å²) in [5, 5.41) is 4.83. The van der Waals surface area contributed by atoms with Crippen molar-refractivity contribution in [2.24, 2.45) is 0 Å². The molecular formula is C11H16BrNO2S. The molecule has 0 spiro atoms. The van der Waals surface area contributed by atoms with Crippen LogP contribution in [0.5, 0.6) is 0 Å². The average molecular weight is 306 g/mol. The highest BCUT2D eigenvalue weighted by Crippen LogP contribution is 2.15. The van der Waals surface area contributed by atoms with Gasteiger partial charge in [0.25, 0.3) is 5.91 Å². The number of methoxy groups -OCH3 is 1. The predicted octanol–water partition coefficient (Wildman–Crippen LogP) is 2.59. The summed E-state index contributed by atoms with van der Waals surface area (Å²) in [4.78, 5) is 12.8. The van der Waals surface area contributed by atoms with Crippen LogP contribution in [0.2, 0.25) is 0 Å². The summed E-state index contributed by atoms with van der Waals surface area (Å²) in [6.07, 6.45) is 0.865. The van der Waals surface area contributed by atoms with Crippen LogP contribution >= 0.6 is 27.3 Å². The molecule has 5 heteroatoms. The topological polar surface area (TPSA) is 38.3 Å². The lowest BCUT2D eigenvalue weighted by molar-refractivity contribution is 0.0955. The number of alkyl halides is 1. The summed E-state index contributed by atoms with van der Waals surface area (Å²) in [7, 11) is 1.67. The van der Waals surface area contributed by atoms with Crippen LogP contribution in [-0.2, 0) is 4.74 Å². The van der Waals surface area contributed by atoms with Gasteiger partial charge in [-0.15, -0.1) is 11.3 Å². The third kappa shape index (κ3) is 4.23. The Morgan fingerprint density at radius 3 is 3.00 bits per heavy atom. The number of aryl methyl sites for hydroxylation is 1. The summed E-state index contributed by atoms with van der Waals surface area (Å²) in [6.45, 7) is 3.27. The van der Waals surface area contributed by atoms with E-state index >= 15 is 0 Å². The van der Waals surface area contributed by atoms with E-state index in [0.29, 0.717) is 18.0 Å². The molecule has 0 aliphatic rings. The molecule has 0 saturated heterocycles. The van der Waals surface area contributed by atoms with Gasteiger partial charge in [0.2, 0.25) is 0 Å². The lowest BCUT2D eigenvalue weighted by atomic mass is 10.2. The van der Waals surface area contributed by atoms with Gasteiger partial charge in [0.15, 0.2) is 0 Å². The van der Waals surface area contributed by atoms with Gasteiger partial charge in [0, 0.05) is 18.5 Å². The summed E-state index contributed by atoms with van der Waals surface area (Å²) in [5.41, 5.74) is 1.04. The van der Waals surface area contributed by atoms with Crippen molar-refractivity contribution in [1.29, 1.82) is 0 Å². The second-order valence-electron chi connectivity index (χ2n) is 3.53. The van der Waals surface area contributed by atoms with E-state index in [1.54, 1.807) is 7.11 Å². The molecule has 1 aromatic rings. The van der Waals surface area contributed by atoms with Crippen molar-refractivity contribution in [1.82, 2.24) is 5.32 Å². The maximum Gasteiger partial charge on any atom is 0.261 e. The number of carbonyl (C=O) groups excluding carboxylic acids is 1. The van der Waals surface area contributed by atoms with Gasteiger partial charge >= 0.3 is 0 Å². The first kappa shape index (κ1) is 13.7. The zero-order chi connectivity index (χ0) is 12.0. The minimum atomic E-state index is 0.0182. The Kier molecular flexibility index (Phi) is 6.01. The van der Waals surface area contributed by atoms with Crippen molar-refractivity contribution in [3.8, 4) is 0 Å². The monoisotopic (exact) mass is 305 g/mol. The van der Waals surface area contributed by atoms with E-state index in [0.717, 1.165) is 16.9 Å². The first-order valence-electron chi connectivity index (χ1n) is 5.10. The predicted molar refractivity (Wildman–Crippen MR) is 70.6 cm³/mol. The molecule has 0 radical (unpaired) electrons. The van der Waals surface area contributed by atoms with Gasteiger partial charge in [0.05, 0.1) is 11.5 Å². The molecule has 1 aromatic heterocycles. The molecule has 1 amide bonds. The van der Waals surface area contributed by atoms with Gasteiger partial charge in [-0.3, -0.25) is 4.79 Å². The van der Waals surface area contributed by atoms with Crippen molar-refractivity contribution < 1.29 is 9.53 Å². The quantitative estimate of drug-likeness (QED) is 0.820. The van der Waals surface area contributed by atoms with Crippen molar-refractivity contribution in [2.45, 2.75) is 18.2 Å². The standard InChI is InChI=1S/C11H16BrNO2S/c1-8-4-6-16-10(8)11(14)13-5-3-9(12)7-15-2/h4,6,9H,3,5,7H2,1-2H3,(H,13,14). The number of hydrogen-bond acceptors (Lipinski definition) is 3. The fraction of sp³-hybridized carbons (Fsp3) is 0.545. The number of amides is 1. The highest BCUT2D eigenvalue weighted by molar-refractivity contribution is 9.09. The van der Waals surface area contributed by atoms with E-state index in [2.05, 4.69) is 21.2 Å². The highest BCUT2D eigenvalue weighted by atomic mass is 79.9. The van der Waals surface area contributed by atoms with E-state index in [1.807, 2.05) is 18.4 Å². The van der Waals surface area contributed by atoms with Gasteiger partial charge in [-0.1, -0.05) is 15.9 Å². The summed E-state index contributed by atoms with van der Waals surface area (Å²) in [6, 6.07) is 1.96. The third-order valence-electron chi connectivity index (χ3n) is 2.16. The molecule has 0 fully saturated rings. The molecule has 16 heavy (non-hydrogen) atoms. The number of rotatable bonds is 6. The van der Waals surface area contributed by atoms with Crippen LogP contribution in [0, 0.1) is 6.92 Å². The highest BCUT2D eigenvalue weighted by Gasteiger charge is 2.10. The van der Waals surface area contributed by atoms with Crippen molar-refractivity contribution in [3.05, 3.63) is 21.9 Å². The number of nitrogens with one attached hydrogen (secondary N) is 1. The Balaban J connectivity index is 2.29. The smallest absolute Gasteiger partial charge is 0.261 e. The zero-order valence-electron chi connectivity index (χ0n) is 9.46. The van der Waals surface area contributed by atoms with Crippen LogP contribution in [0.3, 0.4) is 0 Å². The maximum absolute atomic E-state index is 11.7. The second-order valence-corrected chi connectivity index (χ2v) is 5.74. The van der Waals surface area contributed by atoms with Crippen molar-refractivity contribution >= 4 is 33.2 Å². The van der Waals surface area contributed by atoms with Crippen LogP contribution in [0.15, 0.2) is 11.4 Å². The largest absolute Gasteiger partial charge is 0.384 e. The molecule has 1 heterocycles. The van der Waals surface area contributed by atoms with Gasteiger partial charge < -0.3 is 10.1 Å². The average Bonchev–Trinajstić information content (AvgIpc) is 2.64. The fourth-order valence-corrected chi connectivity index (χ4v) is 2.63. The zero-order valence-corrected chi connectivity index (χ0v) is 11.9. The number of thiophene rings is 1. The van der Waals surface area contributed by atoms with Gasteiger partial charge in [-0.25, -0.2) is 0 Å². The molecule has 0 bridgehead atoms. The molecule has 0 aromatic carbocycles. The first-order chi connectivity index (χ1) is 7.65. The van der Waals surface area contributed by atoms with Gasteiger partial charge in [0.1, 0.15) is 0 Å². The molecule has 0 aliphatic heterocycles. The first-order valence-corrected chi connectivity index (χ1v) is 6.90. The molecule has 3 nitrogen and oxygen atoms in total. The normalized spacial score (nSPS) is 12.4. The molecule has 1 N–H and O–H groups in total. The summed E-state index contributed by atoms with van der Waals surface area (Å²) < 4.78 is 4.99. The van der Waals surface area contributed by atoms with Crippen LogP contribution in [0.25, 0.3) is 0 Å². The van der Waals surface area contributed by atoms with Crippen LogP contribution in [-0.4, -0.2) is 31.0 Å². The summed E-state index contributed by atoms with van der Waals surface area (Å²) in [5.74, 6) is 0.0182. The van der Waals surface area contributed by atoms with Gasteiger partial charge in [-0.2, -0.15) is 0 Å². The van der Waals surface area contributed by atoms with Gasteiger partial charge in [-0.05, 0) is 30.4 Å². The molecule has 1 rings (SSSR count). The lowest BCUT2D eigenvalue weighted by Crippen LogP contribution is -2.26. The van der Waals surface area contributed by atoms with Crippen LogP contribution in [0.4, 0.5) is 0 Å². The fourth-order valence-electron chi connectivity index (χ4n) is 1.29. The Labute approximate surface area is 108 Å². The van der Waals surface area contributed by atoms with E-state index in [4.69, 9.17) is 4.74 Å². The number of hydrogen-bond donors (Lipinski definition) is 1. The van der Waals surface area contributed by atoms with E-state index in [9.17, 15) is 4.79 Å². The minimum Gasteiger partial charge on any atom is -0.384 e. The number of halogens is 1. The van der Waals surface area contributed by atoms with Crippen molar-refractivity contribution in [2.75, 3.05) is 20.3 Å². The number of carbonyl (C=O) groups is 1. The Hall–Kier alpha value is -0.390. The molecule has 0 saturated carbocycles. The Bertz CT molecular complexity index is 340. The third-order valence-corrected chi connectivity index (χ3v) is 3.90. The maximum atomic E-state index is 11.7. The van der Waals surface area contributed by atoms with Crippen LogP contribution < -0.4 is 5.32 Å². The minimum absolute atomic E-state index is 0.0182. The molecule has 90 valence electrons. The number of ether oxygens (including phenoxy) is 1. The summed E-state index contributed by atoms with van der Waals surface area (Å²) >= 11 is 4.96. The molecule has 0 aliphatic carbocycles. The van der Waals surface area contributed by atoms with Crippen LogP contribution in [0.1, 0.15) is 21.7 Å². The van der Waals surface area contributed by atoms with E-state index < -0.39 is 0 Å². The van der Waals surface area contributed by atoms with E-state index in [1.165, 1.54) is 11.3 Å². The molecule has 1 atom stereocenters. The van der Waals surface area contributed by atoms with E-state index in [-0.39, 0.29) is 5.91 Å².